The Morgan fingerprint density at radius 1 is 1.44 bits per heavy atom. The maximum atomic E-state index is 5.99. The number of aryl methyl sites for hydroxylation is 1. The summed E-state index contributed by atoms with van der Waals surface area (Å²) in [4.78, 5) is 4.29. The molecule has 1 heterocycles. The zero-order chi connectivity index (χ0) is 13.1. The maximum absolute atomic E-state index is 5.99. The molecule has 0 bridgehead atoms. The van der Waals surface area contributed by atoms with Crippen LogP contribution in [0.4, 0.5) is 5.69 Å². The molecule has 96 valence electrons. The van der Waals surface area contributed by atoms with Crippen molar-refractivity contribution in [1.29, 1.82) is 0 Å². The van der Waals surface area contributed by atoms with Crippen molar-refractivity contribution in [1.82, 2.24) is 10.1 Å². The van der Waals surface area contributed by atoms with Crippen LogP contribution in [0.3, 0.4) is 0 Å². The van der Waals surface area contributed by atoms with Gasteiger partial charge in [-0.2, -0.15) is 4.98 Å². The SMILES string of the molecule is CCCc1noc(-c2cc(Cl)c(N)cc2OC)n1. The fourth-order valence-corrected chi connectivity index (χ4v) is 1.76. The van der Waals surface area contributed by atoms with E-state index in [1.807, 2.05) is 0 Å². The molecule has 6 heteroatoms. The first-order valence-corrected chi connectivity index (χ1v) is 5.99. The lowest BCUT2D eigenvalue weighted by Crippen LogP contribution is -1.93. The van der Waals surface area contributed by atoms with Crippen molar-refractivity contribution in [2.75, 3.05) is 12.8 Å². The number of nitrogens with two attached hydrogens (primary N) is 1. The second kappa shape index (κ2) is 5.27. The van der Waals surface area contributed by atoms with Gasteiger partial charge in [0.2, 0.25) is 0 Å². The van der Waals surface area contributed by atoms with E-state index in [1.165, 1.54) is 0 Å². The molecule has 1 aromatic heterocycles. The highest BCUT2D eigenvalue weighted by Crippen LogP contribution is 2.35. The Labute approximate surface area is 110 Å². The minimum absolute atomic E-state index is 0.386. The van der Waals surface area contributed by atoms with Crippen LogP contribution < -0.4 is 10.5 Å². The lowest BCUT2D eigenvalue weighted by Gasteiger charge is -2.07. The Bertz CT molecular complexity index is 554. The van der Waals surface area contributed by atoms with Gasteiger partial charge in [-0.3, -0.25) is 0 Å². The third-order valence-electron chi connectivity index (χ3n) is 2.49. The van der Waals surface area contributed by atoms with Gasteiger partial charge in [-0.1, -0.05) is 23.7 Å². The van der Waals surface area contributed by atoms with E-state index >= 15 is 0 Å². The molecule has 0 atom stereocenters. The van der Waals surface area contributed by atoms with Crippen LogP contribution in [-0.2, 0) is 6.42 Å². The van der Waals surface area contributed by atoms with Crippen LogP contribution in [0.25, 0.3) is 11.5 Å². The van der Waals surface area contributed by atoms with Crippen molar-refractivity contribution in [3.63, 3.8) is 0 Å². The summed E-state index contributed by atoms with van der Waals surface area (Å²) >= 11 is 5.99. The molecule has 0 spiro atoms. The molecule has 0 amide bonds. The number of hydrogen-bond donors (Lipinski definition) is 1. The van der Waals surface area contributed by atoms with Gasteiger partial charge < -0.3 is 15.0 Å². The summed E-state index contributed by atoms with van der Waals surface area (Å²) in [5.41, 5.74) is 6.81. The molecule has 2 aromatic rings. The summed E-state index contributed by atoms with van der Waals surface area (Å²) in [6.07, 6.45) is 1.73. The fourth-order valence-electron chi connectivity index (χ4n) is 1.59. The summed E-state index contributed by atoms with van der Waals surface area (Å²) in [5, 5.41) is 4.33. The molecular formula is C12H14ClN3O2. The van der Waals surface area contributed by atoms with E-state index in [0.29, 0.717) is 33.7 Å². The van der Waals surface area contributed by atoms with Gasteiger partial charge in [-0.25, -0.2) is 0 Å². The summed E-state index contributed by atoms with van der Waals surface area (Å²) < 4.78 is 10.4. The van der Waals surface area contributed by atoms with E-state index in [2.05, 4.69) is 17.1 Å². The number of hydrogen-bond acceptors (Lipinski definition) is 5. The number of anilines is 1. The van der Waals surface area contributed by atoms with Crippen molar-refractivity contribution in [3.05, 3.63) is 23.0 Å². The lowest BCUT2D eigenvalue weighted by atomic mass is 10.2. The van der Waals surface area contributed by atoms with Crippen molar-refractivity contribution in [2.24, 2.45) is 0 Å². The van der Waals surface area contributed by atoms with Crippen LogP contribution in [0.5, 0.6) is 5.75 Å². The minimum atomic E-state index is 0.386. The number of nitrogen functional groups attached to an aromatic ring is 1. The molecule has 0 saturated heterocycles. The molecule has 0 aliphatic heterocycles. The van der Waals surface area contributed by atoms with Crippen molar-refractivity contribution >= 4 is 17.3 Å². The van der Waals surface area contributed by atoms with Crippen LogP contribution in [-0.4, -0.2) is 17.3 Å². The van der Waals surface area contributed by atoms with Gasteiger partial charge in [0.05, 0.1) is 23.4 Å². The number of rotatable bonds is 4. The molecular weight excluding hydrogens is 254 g/mol. The Balaban J connectivity index is 2.45. The van der Waals surface area contributed by atoms with E-state index in [1.54, 1.807) is 19.2 Å². The maximum Gasteiger partial charge on any atom is 0.261 e. The van der Waals surface area contributed by atoms with Crippen LogP contribution in [0.15, 0.2) is 16.7 Å². The molecule has 1 aromatic carbocycles. The summed E-state index contributed by atoms with van der Waals surface area (Å²) in [7, 11) is 1.55. The number of halogens is 1. The largest absolute Gasteiger partial charge is 0.496 e. The first kappa shape index (κ1) is 12.7. The second-order valence-corrected chi connectivity index (χ2v) is 4.25. The third-order valence-corrected chi connectivity index (χ3v) is 2.82. The van der Waals surface area contributed by atoms with Gasteiger partial charge in [0.1, 0.15) is 5.75 Å². The van der Waals surface area contributed by atoms with Crippen molar-refractivity contribution < 1.29 is 9.26 Å². The smallest absolute Gasteiger partial charge is 0.261 e. The van der Waals surface area contributed by atoms with E-state index in [-0.39, 0.29) is 0 Å². The predicted molar refractivity (Wildman–Crippen MR) is 69.7 cm³/mol. The predicted octanol–water partition coefficient (Wildman–Crippen LogP) is 2.93. The first-order valence-electron chi connectivity index (χ1n) is 5.61. The molecule has 0 fully saturated rings. The number of benzene rings is 1. The van der Waals surface area contributed by atoms with Gasteiger partial charge in [-0.15, -0.1) is 0 Å². The average molecular weight is 268 g/mol. The van der Waals surface area contributed by atoms with E-state index < -0.39 is 0 Å². The molecule has 5 nitrogen and oxygen atoms in total. The van der Waals surface area contributed by atoms with Crippen LogP contribution >= 0.6 is 11.6 Å². The standard InChI is InChI=1S/C12H14ClN3O2/c1-3-4-11-15-12(18-16-11)7-5-8(13)9(14)6-10(7)17-2/h5-6H,3-4,14H2,1-2H3. The highest BCUT2D eigenvalue weighted by Gasteiger charge is 2.15. The Morgan fingerprint density at radius 2 is 2.22 bits per heavy atom. The summed E-state index contributed by atoms with van der Waals surface area (Å²) in [5.74, 6) is 1.61. The Kier molecular flexibility index (Phi) is 3.72. The average Bonchev–Trinajstić information content (AvgIpc) is 2.81. The number of ether oxygens (including phenoxy) is 1. The van der Waals surface area contributed by atoms with Crippen LogP contribution in [0.1, 0.15) is 19.2 Å². The van der Waals surface area contributed by atoms with Gasteiger partial charge in [0.25, 0.3) is 5.89 Å². The normalized spacial score (nSPS) is 10.6. The third kappa shape index (κ3) is 2.41. The van der Waals surface area contributed by atoms with Gasteiger partial charge >= 0.3 is 0 Å². The minimum Gasteiger partial charge on any atom is -0.496 e. The zero-order valence-electron chi connectivity index (χ0n) is 10.2. The molecule has 0 aliphatic carbocycles. The summed E-state index contributed by atoms with van der Waals surface area (Å²) in [6, 6.07) is 3.31. The molecule has 0 aliphatic rings. The molecule has 0 saturated carbocycles. The lowest BCUT2D eigenvalue weighted by molar-refractivity contribution is 0.403. The number of methoxy groups -OCH3 is 1. The highest BCUT2D eigenvalue weighted by molar-refractivity contribution is 6.33. The monoisotopic (exact) mass is 267 g/mol. The topological polar surface area (TPSA) is 74.2 Å². The van der Waals surface area contributed by atoms with Crippen LogP contribution in [0.2, 0.25) is 5.02 Å². The summed E-state index contributed by atoms with van der Waals surface area (Å²) in [6.45, 7) is 2.05. The quantitative estimate of drug-likeness (QED) is 0.862. The molecule has 0 unspecified atom stereocenters. The van der Waals surface area contributed by atoms with Gasteiger partial charge in [-0.05, 0) is 12.5 Å². The Hall–Kier alpha value is -1.75. The zero-order valence-corrected chi connectivity index (χ0v) is 11.0. The van der Waals surface area contributed by atoms with E-state index in [9.17, 15) is 0 Å². The van der Waals surface area contributed by atoms with Crippen molar-refractivity contribution in [3.8, 4) is 17.2 Å². The Morgan fingerprint density at radius 3 is 2.89 bits per heavy atom. The van der Waals surface area contributed by atoms with Crippen LogP contribution in [0, 0.1) is 0 Å². The van der Waals surface area contributed by atoms with Gasteiger partial charge in [0.15, 0.2) is 5.82 Å². The molecule has 2 N–H and O–H groups in total. The number of aromatic nitrogens is 2. The highest BCUT2D eigenvalue weighted by atomic mass is 35.5. The molecule has 2 rings (SSSR count). The van der Waals surface area contributed by atoms with Gasteiger partial charge in [0, 0.05) is 12.5 Å². The fraction of sp³-hybridized carbons (Fsp3) is 0.333. The number of nitrogens with zero attached hydrogens (tertiary/aromatic N) is 2. The van der Waals surface area contributed by atoms with E-state index in [0.717, 1.165) is 12.8 Å². The van der Waals surface area contributed by atoms with E-state index in [4.69, 9.17) is 26.6 Å². The molecule has 0 radical (unpaired) electrons. The second-order valence-electron chi connectivity index (χ2n) is 3.84. The first-order chi connectivity index (χ1) is 8.65. The van der Waals surface area contributed by atoms with Crippen molar-refractivity contribution in [2.45, 2.75) is 19.8 Å². The molecule has 18 heavy (non-hydrogen) atoms.